The van der Waals surface area contributed by atoms with E-state index in [0.29, 0.717) is 17.6 Å². The van der Waals surface area contributed by atoms with Crippen molar-refractivity contribution in [3.05, 3.63) is 11.8 Å². The Morgan fingerprint density at radius 1 is 1.50 bits per heavy atom. The van der Waals surface area contributed by atoms with Crippen LogP contribution in [0.4, 0.5) is 5.95 Å². The van der Waals surface area contributed by atoms with Crippen LogP contribution in [0, 0.1) is 6.92 Å². The van der Waals surface area contributed by atoms with E-state index in [-0.39, 0.29) is 0 Å². The predicted molar refractivity (Wildman–Crippen MR) is 66.3 cm³/mol. The van der Waals surface area contributed by atoms with Gasteiger partial charge in [-0.3, -0.25) is 5.10 Å². The number of piperazine rings is 1. The second-order valence-electron chi connectivity index (χ2n) is 4.61. The minimum Gasteiger partial charge on any atom is -0.361 e. The molecule has 3 heterocycles. The Morgan fingerprint density at radius 2 is 2.39 bits per heavy atom. The van der Waals surface area contributed by atoms with Gasteiger partial charge >= 0.3 is 0 Å². The van der Waals surface area contributed by atoms with Crippen LogP contribution in [0.15, 0.2) is 10.6 Å². The van der Waals surface area contributed by atoms with Gasteiger partial charge in [-0.05, 0) is 13.8 Å². The maximum absolute atomic E-state index is 5.03. The van der Waals surface area contributed by atoms with Gasteiger partial charge in [-0.25, -0.2) is 0 Å². The summed E-state index contributed by atoms with van der Waals surface area (Å²) in [5.74, 6) is 2.13. The van der Waals surface area contributed by atoms with E-state index in [1.165, 1.54) is 0 Å². The van der Waals surface area contributed by atoms with E-state index in [1.54, 1.807) is 0 Å². The molecular formula is C11H16N6O. The molecule has 0 amide bonds. The summed E-state index contributed by atoms with van der Waals surface area (Å²) >= 11 is 0. The van der Waals surface area contributed by atoms with Crippen LogP contribution >= 0.6 is 0 Å². The van der Waals surface area contributed by atoms with Crippen molar-refractivity contribution in [1.82, 2.24) is 25.7 Å². The molecule has 3 rings (SSSR count). The number of anilines is 1. The lowest BCUT2D eigenvalue weighted by atomic mass is 10.2. The SMILES string of the molecule is Cc1cc(-c2nc(N3CCN[C@H](C)C3)n[nH]2)no1. The highest BCUT2D eigenvalue weighted by molar-refractivity contribution is 5.50. The van der Waals surface area contributed by atoms with Crippen molar-refractivity contribution in [2.75, 3.05) is 24.5 Å². The van der Waals surface area contributed by atoms with Gasteiger partial charge in [0.05, 0.1) is 0 Å². The van der Waals surface area contributed by atoms with E-state index < -0.39 is 0 Å². The zero-order chi connectivity index (χ0) is 12.5. The van der Waals surface area contributed by atoms with E-state index in [4.69, 9.17) is 4.52 Å². The topological polar surface area (TPSA) is 82.9 Å². The number of hydrogen-bond acceptors (Lipinski definition) is 6. The average Bonchev–Trinajstić information content (AvgIpc) is 2.97. The van der Waals surface area contributed by atoms with Gasteiger partial charge in [-0.1, -0.05) is 5.16 Å². The molecule has 0 saturated carbocycles. The summed E-state index contributed by atoms with van der Waals surface area (Å²) in [4.78, 5) is 6.62. The summed E-state index contributed by atoms with van der Waals surface area (Å²) in [6, 6.07) is 2.29. The summed E-state index contributed by atoms with van der Waals surface area (Å²) < 4.78 is 5.03. The number of aromatic amines is 1. The van der Waals surface area contributed by atoms with Crippen molar-refractivity contribution < 1.29 is 4.52 Å². The Hall–Kier alpha value is -1.89. The molecule has 0 aliphatic carbocycles. The first-order valence-corrected chi connectivity index (χ1v) is 6.07. The van der Waals surface area contributed by atoms with Crippen LogP contribution in [0.2, 0.25) is 0 Å². The van der Waals surface area contributed by atoms with Crippen LogP contribution in [0.25, 0.3) is 11.5 Å². The summed E-state index contributed by atoms with van der Waals surface area (Å²) in [5.41, 5.74) is 0.689. The zero-order valence-corrected chi connectivity index (χ0v) is 10.5. The molecule has 7 nitrogen and oxygen atoms in total. The van der Waals surface area contributed by atoms with Gasteiger partial charge < -0.3 is 14.7 Å². The smallest absolute Gasteiger partial charge is 0.245 e. The minimum absolute atomic E-state index is 0.454. The first kappa shape index (κ1) is 11.2. The third kappa shape index (κ3) is 2.08. The van der Waals surface area contributed by atoms with Crippen molar-refractivity contribution in [2.24, 2.45) is 0 Å². The normalized spacial score (nSPS) is 20.3. The van der Waals surface area contributed by atoms with Crippen LogP contribution in [0.1, 0.15) is 12.7 Å². The van der Waals surface area contributed by atoms with E-state index in [2.05, 4.69) is 37.5 Å². The molecule has 96 valence electrons. The lowest BCUT2D eigenvalue weighted by Gasteiger charge is -2.30. The van der Waals surface area contributed by atoms with Gasteiger partial charge in [0.2, 0.25) is 5.95 Å². The molecule has 2 N–H and O–H groups in total. The number of aryl methyl sites for hydroxylation is 1. The van der Waals surface area contributed by atoms with E-state index >= 15 is 0 Å². The van der Waals surface area contributed by atoms with Crippen molar-refractivity contribution >= 4 is 5.95 Å². The molecule has 0 aromatic carbocycles. The quantitative estimate of drug-likeness (QED) is 0.808. The predicted octanol–water partition coefficient (Wildman–Crippen LogP) is 0.566. The fourth-order valence-electron chi connectivity index (χ4n) is 2.10. The highest BCUT2D eigenvalue weighted by Gasteiger charge is 2.20. The number of nitrogens with zero attached hydrogens (tertiary/aromatic N) is 4. The fourth-order valence-corrected chi connectivity index (χ4v) is 2.10. The molecule has 1 saturated heterocycles. The van der Waals surface area contributed by atoms with Crippen LogP contribution in [-0.4, -0.2) is 46.0 Å². The number of rotatable bonds is 2. The van der Waals surface area contributed by atoms with Gasteiger partial charge in [-0.2, -0.15) is 4.98 Å². The zero-order valence-electron chi connectivity index (χ0n) is 10.5. The van der Waals surface area contributed by atoms with Crippen LogP contribution in [0.5, 0.6) is 0 Å². The minimum atomic E-state index is 0.454. The molecule has 1 atom stereocenters. The number of aromatic nitrogens is 4. The van der Waals surface area contributed by atoms with Crippen molar-refractivity contribution in [2.45, 2.75) is 19.9 Å². The molecule has 1 fully saturated rings. The van der Waals surface area contributed by atoms with E-state index in [9.17, 15) is 0 Å². The Labute approximate surface area is 105 Å². The number of H-pyrrole nitrogens is 1. The maximum atomic E-state index is 5.03. The highest BCUT2D eigenvalue weighted by Crippen LogP contribution is 2.17. The molecule has 1 aliphatic heterocycles. The van der Waals surface area contributed by atoms with Crippen molar-refractivity contribution in [3.8, 4) is 11.5 Å². The van der Waals surface area contributed by atoms with Gasteiger partial charge in [0.1, 0.15) is 5.76 Å². The molecular weight excluding hydrogens is 232 g/mol. The van der Waals surface area contributed by atoms with E-state index in [0.717, 1.165) is 31.3 Å². The number of hydrogen-bond donors (Lipinski definition) is 2. The number of nitrogens with one attached hydrogen (secondary N) is 2. The molecule has 0 bridgehead atoms. The third-order valence-electron chi connectivity index (χ3n) is 3.00. The third-order valence-corrected chi connectivity index (χ3v) is 3.00. The molecule has 7 heteroatoms. The Bertz CT molecular complexity index is 533. The maximum Gasteiger partial charge on any atom is 0.245 e. The Morgan fingerprint density at radius 3 is 3.11 bits per heavy atom. The average molecular weight is 248 g/mol. The summed E-state index contributed by atoms with van der Waals surface area (Å²) in [6.07, 6.45) is 0. The van der Waals surface area contributed by atoms with Crippen molar-refractivity contribution in [1.29, 1.82) is 0 Å². The molecule has 0 spiro atoms. The highest BCUT2D eigenvalue weighted by atomic mass is 16.5. The molecule has 0 radical (unpaired) electrons. The van der Waals surface area contributed by atoms with Gasteiger partial charge in [0.15, 0.2) is 11.5 Å². The van der Waals surface area contributed by atoms with Crippen LogP contribution in [0.3, 0.4) is 0 Å². The summed E-state index contributed by atoms with van der Waals surface area (Å²) in [5, 5.41) is 14.5. The first-order chi connectivity index (χ1) is 8.72. The summed E-state index contributed by atoms with van der Waals surface area (Å²) in [6.45, 7) is 6.79. The molecule has 1 aliphatic rings. The lowest BCUT2D eigenvalue weighted by molar-refractivity contribution is 0.399. The molecule has 0 unspecified atom stereocenters. The Balaban J connectivity index is 1.80. The van der Waals surface area contributed by atoms with Gasteiger partial charge in [-0.15, -0.1) is 5.10 Å². The molecule has 18 heavy (non-hydrogen) atoms. The van der Waals surface area contributed by atoms with Gasteiger partial charge in [0.25, 0.3) is 0 Å². The van der Waals surface area contributed by atoms with Crippen LogP contribution in [-0.2, 0) is 0 Å². The molecule has 2 aromatic rings. The lowest BCUT2D eigenvalue weighted by Crippen LogP contribution is -2.49. The second kappa shape index (κ2) is 4.41. The monoisotopic (exact) mass is 248 g/mol. The fraction of sp³-hybridized carbons (Fsp3) is 0.545. The summed E-state index contributed by atoms with van der Waals surface area (Å²) in [7, 11) is 0. The van der Waals surface area contributed by atoms with Crippen LogP contribution < -0.4 is 10.2 Å². The Kier molecular flexibility index (Phi) is 2.75. The van der Waals surface area contributed by atoms with E-state index in [1.807, 2.05) is 13.0 Å². The first-order valence-electron chi connectivity index (χ1n) is 6.07. The molecule has 2 aromatic heterocycles. The standard InChI is InChI=1S/C11H16N6O/c1-7-6-17(4-3-12-7)11-13-10(14-15-11)9-5-8(2)18-16-9/h5,7,12H,3-4,6H2,1-2H3,(H,13,14,15)/t7-/m1/s1. The van der Waals surface area contributed by atoms with Gasteiger partial charge in [0, 0.05) is 31.7 Å². The second-order valence-corrected chi connectivity index (χ2v) is 4.61. The van der Waals surface area contributed by atoms with Crippen molar-refractivity contribution in [3.63, 3.8) is 0 Å². The largest absolute Gasteiger partial charge is 0.361 e.